The number of aromatic nitrogens is 2. The number of thioether (sulfide) groups is 1. The minimum atomic E-state index is -0.432. The van der Waals surface area contributed by atoms with Crippen LogP contribution in [-0.4, -0.2) is 36.5 Å². The summed E-state index contributed by atoms with van der Waals surface area (Å²) in [7, 11) is 0. The van der Waals surface area contributed by atoms with Gasteiger partial charge in [-0.15, -0.1) is 0 Å². The molecule has 0 saturated carbocycles. The van der Waals surface area contributed by atoms with Gasteiger partial charge in [0.1, 0.15) is 5.04 Å². The van der Waals surface area contributed by atoms with Gasteiger partial charge in [0, 0.05) is 35.0 Å². The summed E-state index contributed by atoms with van der Waals surface area (Å²) in [6.07, 6.45) is 6.13. The molecule has 0 radical (unpaired) electrons. The summed E-state index contributed by atoms with van der Waals surface area (Å²) in [6, 6.07) is 14.2. The molecule has 0 bridgehead atoms. The molecule has 8 heteroatoms. The van der Waals surface area contributed by atoms with Crippen LogP contribution in [0.3, 0.4) is 0 Å². The molecule has 1 N–H and O–H groups in total. The zero-order valence-corrected chi connectivity index (χ0v) is 19.3. The van der Waals surface area contributed by atoms with E-state index in [2.05, 4.69) is 50.8 Å². The molecule has 164 valence electrons. The van der Waals surface area contributed by atoms with Gasteiger partial charge in [-0.25, -0.2) is 0 Å². The number of carbonyl (C=O) groups excluding carboxylic acids is 1. The topological polar surface area (TPSA) is 86.7 Å². The van der Waals surface area contributed by atoms with Crippen molar-refractivity contribution in [2.24, 2.45) is 10.1 Å². The predicted molar refractivity (Wildman–Crippen MR) is 133 cm³/mol. The minimum Gasteiger partial charge on any atom is -0.318 e. The van der Waals surface area contributed by atoms with E-state index in [-0.39, 0.29) is 11.4 Å². The molecular weight excluding hydrogens is 432 g/mol. The van der Waals surface area contributed by atoms with Crippen molar-refractivity contribution in [1.82, 2.24) is 14.6 Å². The van der Waals surface area contributed by atoms with Gasteiger partial charge in [0.2, 0.25) is 5.17 Å². The molecule has 2 aromatic heterocycles. The molecule has 0 atom stereocenters. The Bertz CT molecular complexity index is 1370. The highest BCUT2D eigenvalue weighted by Gasteiger charge is 2.36. The lowest BCUT2D eigenvalue weighted by Gasteiger charge is -2.20. The largest absolute Gasteiger partial charge is 0.318 e. The number of nitrogens with one attached hydrogen (secondary N) is 1. The molecule has 33 heavy (non-hydrogen) atoms. The van der Waals surface area contributed by atoms with Gasteiger partial charge < -0.3 is 4.57 Å². The number of nitrogens with zero attached hydrogens (tertiary/aromatic N) is 5. The first-order chi connectivity index (χ1) is 16.0. The summed E-state index contributed by atoms with van der Waals surface area (Å²) in [4.78, 5) is 21.2. The molecule has 0 aliphatic carbocycles. The second-order valence-electron chi connectivity index (χ2n) is 7.85. The van der Waals surface area contributed by atoms with Crippen molar-refractivity contribution in [3.8, 4) is 5.69 Å². The number of aliphatic imine (C=N–C) groups is 1. The van der Waals surface area contributed by atoms with Crippen LogP contribution >= 0.6 is 11.8 Å². The smallest absolute Gasteiger partial charge is 0.283 e. The van der Waals surface area contributed by atoms with E-state index in [0.717, 1.165) is 34.6 Å². The van der Waals surface area contributed by atoms with Crippen molar-refractivity contribution in [2.45, 2.75) is 27.2 Å². The summed E-state index contributed by atoms with van der Waals surface area (Å²) in [5.41, 5.74) is 6.32. The summed E-state index contributed by atoms with van der Waals surface area (Å²) < 4.78 is 2.15. The Morgan fingerprint density at radius 2 is 1.94 bits per heavy atom. The highest BCUT2D eigenvalue weighted by molar-refractivity contribution is 8.27. The highest BCUT2D eigenvalue weighted by atomic mass is 32.2. The second kappa shape index (κ2) is 8.29. The summed E-state index contributed by atoms with van der Waals surface area (Å²) in [5.74, 6) is -0.410. The summed E-state index contributed by atoms with van der Waals surface area (Å²) >= 11 is 1.27. The average Bonchev–Trinajstić information content (AvgIpc) is 3.38. The van der Waals surface area contributed by atoms with Crippen LogP contribution in [0.4, 0.5) is 0 Å². The number of fused-ring (bicyclic) bond motifs is 1. The van der Waals surface area contributed by atoms with Crippen LogP contribution in [0.1, 0.15) is 35.0 Å². The van der Waals surface area contributed by atoms with Crippen molar-refractivity contribution in [2.75, 3.05) is 0 Å². The highest BCUT2D eigenvalue weighted by Crippen LogP contribution is 2.31. The fourth-order valence-electron chi connectivity index (χ4n) is 3.97. The molecule has 0 saturated heterocycles. The van der Waals surface area contributed by atoms with Gasteiger partial charge in [-0.1, -0.05) is 19.1 Å². The first-order valence-corrected chi connectivity index (χ1v) is 11.5. The number of hydrogen-bond acceptors (Lipinski definition) is 5. The number of hydrazone groups is 1. The molecule has 1 aromatic carbocycles. The standard InChI is InChI=1S/C25H22N6OS/c1-4-17-7-9-20(10-8-17)30-15(2)12-19(16(30)3)13-21-22(26)31-25(28-23(21)32)33-24(29-31)18-6-5-11-27-14-18/h5-14,26H,4H2,1-3H3/b21-13-,26-22?. The van der Waals surface area contributed by atoms with E-state index >= 15 is 0 Å². The van der Waals surface area contributed by atoms with E-state index < -0.39 is 5.91 Å². The average molecular weight is 455 g/mol. The molecule has 7 nitrogen and oxygen atoms in total. The molecular formula is C25H22N6OS. The van der Waals surface area contributed by atoms with Gasteiger partial charge in [-0.2, -0.15) is 15.1 Å². The lowest BCUT2D eigenvalue weighted by molar-refractivity contribution is -0.114. The monoisotopic (exact) mass is 454 g/mol. The van der Waals surface area contributed by atoms with Gasteiger partial charge in [-0.3, -0.25) is 15.2 Å². The fourth-order valence-corrected chi connectivity index (χ4v) is 4.85. The molecule has 5 rings (SSSR count). The molecule has 4 heterocycles. The predicted octanol–water partition coefficient (Wildman–Crippen LogP) is 4.72. The number of amides is 1. The van der Waals surface area contributed by atoms with E-state index in [1.165, 1.54) is 22.3 Å². The number of amidine groups is 2. The van der Waals surface area contributed by atoms with E-state index in [9.17, 15) is 4.79 Å². The second-order valence-corrected chi connectivity index (χ2v) is 8.80. The van der Waals surface area contributed by atoms with Crippen LogP contribution in [0.5, 0.6) is 0 Å². The Morgan fingerprint density at radius 1 is 1.15 bits per heavy atom. The van der Waals surface area contributed by atoms with Gasteiger partial charge in [0.05, 0.1) is 5.57 Å². The third-order valence-corrected chi connectivity index (χ3v) is 6.69. The van der Waals surface area contributed by atoms with Crippen LogP contribution in [0.15, 0.2) is 70.5 Å². The van der Waals surface area contributed by atoms with Gasteiger partial charge in [-0.05, 0) is 79.6 Å². The van der Waals surface area contributed by atoms with Crippen molar-refractivity contribution in [1.29, 1.82) is 5.41 Å². The van der Waals surface area contributed by atoms with Crippen molar-refractivity contribution >= 4 is 39.8 Å². The van der Waals surface area contributed by atoms with Crippen LogP contribution in [0, 0.1) is 19.3 Å². The Hall–Kier alpha value is -3.78. The van der Waals surface area contributed by atoms with Gasteiger partial charge >= 0.3 is 0 Å². The quantitative estimate of drug-likeness (QED) is 0.578. The number of hydrogen-bond donors (Lipinski definition) is 1. The minimum absolute atomic E-state index is 0.0218. The Labute approximate surface area is 196 Å². The number of benzene rings is 1. The van der Waals surface area contributed by atoms with Gasteiger partial charge in [0.25, 0.3) is 5.91 Å². The van der Waals surface area contributed by atoms with Crippen molar-refractivity contribution in [3.63, 3.8) is 0 Å². The maximum Gasteiger partial charge on any atom is 0.283 e. The van der Waals surface area contributed by atoms with Gasteiger partial charge in [0.15, 0.2) is 5.84 Å². The zero-order chi connectivity index (χ0) is 23.1. The third-order valence-electron chi connectivity index (χ3n) is 5.74. The molecule has 3 aromatic rings. The van der Waals surface area contributed by atoms with E-state index in [1.54, 1.807) is 18.5 Å². The van der Waals surface area contributed by atoms with Crippen LogP contribution in [0.2, 0.25) is 0 Å². The van der Waals surface area contributed by atoms with Crippen molar-refractivity contribution in [3.05, 3.63) is 88.5 Å². The maximum absolute atomic E-state index is 12.8. The van der Waals surface area contributed by atoms with Crippen LogP contribution in [-0.2, 0) is 11.2 Å². The maximum atomic E-state index is 12.8. The third kappa shape index (κ3) is 3.72. The molecule has 2 aliphatic heterocycles. The van der Waals surface area contributed by atoms with Crippen LogP contribution in [0.25, 0.3) is 11.8 Å². The van der Waals surface area contributed by atoms with E-state index in [0.29, 0.717) is 10.2 Å². The summed E-state index contributed by atoms with van der Waals surface area (Å²) in [6.45, 7) is 6.19. The molecule has 0 fully saturated rings. The van der Waals surface area contributed by atoms with Crippen LogP contribution < -0.4 is 0 Å². The molecule has 0 unspecified atom stereocenters. The number of carbonyl (C=O) groups is 1. The number of aryl methyl sites for hydroxylation is 2. The Morgan fingerprint density at radius 3 is 2.64 bits per heavy atom. The molecule has 1 amide bonds. The fraction of sp³-hybridized carbons (Fsp3) is 0.160. The summed E-state index contributed by atoms with van der Waals surface area (Å²) in [5, 5.41) is 15.6. The number of rotatable bonds is 4. The first kappa shape index (κ1) is 21.1. The first-order valence-electron chi connectivity index (χ1n) is 10.6. The van der Waals surface area contributed by atoms with Crippen molar-refractivity contribution < 1.29 is 4.79 Å². The van der Waals surface area contributed by atoms with E-state index in [1.807, 2.05) is 32.0 Å². The Kier molecular flexibility index (Phi) is 5.30. The Balaban J connectivity index is 1.50. The zero-order valence-electron chi connectivity index (χ0n) is 18.5. The number of pyridine rings is 1. The van der Waals surface area contributed by atoms with E-state index in [4.69, 9.17) is 5.41 Å². The lowest BCUT2D eigenvalue weighted by Crippen LogP contribution is -2.35. The molecule has 2 aliphatic rings. The molecule has 0 spiro atoms. The lowest BCUT2D eigenvalue weighted by atomic mass is 10.1. The SMILES string of the molecule is CCc1ccc(-n2c(C)cc(/C=C3/C(=N)N4N=C(c5cccnc5)SC4=NC3=O)c2C)cc1. The normalized spacial score (nSPS) is 16.8.